The molecule has 0 spiro atoms. The van der Waals surface area contributed by atoms with E-state index in [0.717, 1.165) is 6.07 Å². The fraction of sp³-hybridized carbons (Fsp3) is 0.296. The lowest BCUT2D eigenvalue weighted by atomic mass is 10.0. The van der Waals surface area contributed by atoms with Crippen molar-refractivity contribution in [1.82, 2.24) is 19.1 Å². The molecule has 1 aromatic carbocycles. The van der Waals surface area contributed by atoms with Crippen LogP contribution in [0.25, 0.3) is 22.2 Å². The molecule has 4 aromatic rings. The van der Waals surface area contributed by atoms with Crippen LogP contribution < -0.4 is 15.8 Å². The summed E-state index contributed by atoms with van der Waals surface area (Å²) < 4.78 is 37.9. The quantitative estimate of drug-likeness (QED) is 0.172. The van der Waals surface area contributed by atoms with Crippen molar-refractivity contribution >= 4 is 46.3 Å². The summed E-state index contributed by atoms with van der Waals surface area (Å²) in [5.41, 5.74) is -1.23. The van der Waals surface area contributed by atoms with Crippen molar-refractivity contribution in [1.29, 1.82) is 0 Å². The van der Waals surface area contributed by atoms with Crippen molar-refractivity contribution in [2.24, 2.45) is 0 Å². The van der Waals surface area contributed by atoms with Gasteiger partial charge in [0.25, 0.3) is 5.56 Å². The normalized spacial score (nSPS) is 14.8. The number of morpholine rings is 1. The number of aldehydes is 1. The van der Waals surface area contributed by atoms with E-state index in [-0.39, 0.29) is 40.0 Å². The van der Waals surface area contributed by atoms with Crippen LogP contribution in [0, 0.1) is 11.8 Å². The minimum absolute atomic E-state index is 0.0219. The molecule has 0 saturated carbocycles. The van der Waals surface area contributed by atoms with Crippen molar-refractivity contribution in [3.05, 3.63) is 56.9 Å². The molecule has 1 fully saturated rings. The molecule has 15 heteroatoms. The molecule has 0 atom stereocenters. The zero-order valence-electron chi connectivity index (χ0n) is 21.9. The van der Waals surface area contributed by atoms with E-state index in [1.807, 2.05) is 0 Å². The summed E-state index contributed by atoms with van der Waals surface area (Å²) in [4.78, 5) is 48.5. The van der Waals surface area contributed by atoms with Crippen molar-refractivity contribution in [2.75, 3.05) is 36.5 Å². The number of nitrogens with one attached hydrogen (secondary N) is 1. The van der Waals surface area contributed by atoms with E-state index < -0.39 is 51.9 Å². The Morgan fingerprint density at radius 1 is 1.12 bits per heavy atom. The number of ether oxygens (including phenoxy) is 1. The topological polar surface area (TPSA) is 152 Å². The number of hydrogen-bond acceptors (Lipinski definition) is 9. The van der Waals surface area contributed by atoms with Gasteiger partial charge in [0.05, 0.1) is 29.9 Å². The van der Waals surface area contributed by atoms with Gasteiger partial charge in [0, 0.05) is 49.4 Å². The SMILES string of the molecule is O=Cc1cc(-c2cn(CC(=O)Nc3cc(N4CCOCC4)nc(F)c3Cl)c3nc4n(c(=O)c23)CCC4)c(F)c(O)c1O. The second kappa shape index (κ2) is 10.7. The molecule has 0 radical (unpaired) electrons. The van der Waals surface area contributed by atoms with Crippen LogP contribution in [0.5, 0.6) is 11.5 Å². The van der Waals surface area contributed by atoms with Crippen LogP contribution in [0.1, 0.15) is 22.6 Å². The number of rotatable bonds is 6. The highest BCUT2D eigenvalue weighted by Crippen LogP contribution is 2.40. The summed E-state index contributed by atoms with van der Waals surface area (Å²) in [7, 11) is 0. The Labute approximate surface area is 240 Å². The highest BCUT2D eigenvalue weighted by Gasteiger charge is 2.27. The maximum Gasteiger partial charge on any atom is 0.263 e. The van der Waals surface area contributed by atoms with Crippen LogP contribution in [-0.4, -0.2) is 67.8 Å². The Kier molecular flexibility index (Phi) is 7.02. The lowest BCUT2D eigenvalue weighted by Crippen LogP contribution is -2.37. The fourth-order valence-electron chi connectivity index (χ4n) is 5.27. The van der Waals surface area contributed by atoms with Crippen molar-refractivity contribution in [3.63, 3.8) is 0 Å². The molecule has 1 amide bonds. The summed E-state index contributed by atoms with van der Waals surface area (Å²) in [6.45, 7) is 1.76. The van der Waals surface area contributed by atoms with Crippen molar-refractivity contribution < 1.29 is 33.3 Å². The average Bonchev–Trinajstić information content (AvgIpc) is 3.60. The Bertz CT molecular complexity index is 1830. The number of phenolic OH excluding ortho intramolecular Hbond substituents is 2. The number of halogens is 3. The molecule has 12 nitrogen and oxygen atoms in total. The number of hydrogen-bond donors (Lipinski definition) is 3. The lowest BCUT2D eigenvalue weighted by molar-refractivity contribution is -0.116. The van der Waals surface area contributed by atoms with Crippen LogP contribution in [0.3, 0.4) is 0 Å². The number of carbonyl (C=O) groups excluding carboxylic acids is 2. The molecule has 2 aliphatic heterocycles. The molecule has 0 bridgehead atoms. The zero-order valence-corrected chi connectivity index (χ0v) is 22.6. The van der Waals surface area contributed by atoms with E-state index in [1.54, 1.807) is 4.90 Å². The molecule has 218 valence electrons. The van der Waals surface area contributed by atoms with Gasteiger partial charge in [-0.2, -0.15) is 4.39 Å². The van der Waals surface area contributed by atoms with Gasteiger partial charge < -0.3 is 29.7 Å². The second-order valence-electron chi connectivity index (χ2n) is 9.88. The third-order valence-electron chi connectivity index (χ3n) is 7.32. The Morgan fingerprint density at radius 3 is 2.62 bits per heavy atom. The first kappa shape index (κ1) is 27.6. The summed E-state index contributed by atoms with van der Waals surface area (Å²) in [6, 6.07) is 2.45. The van der Waals surface area contributed by atoms with Gasteiger partial charge in [-0.25, -0.2) is 14.4 Å². The first-order valence-corrected chi connectivity index (χ1v) is 13.4. The summed E-state index contributed by atoms with van der Waals surface area (Å²) in [5, 5.41) is 22.2. The molecular formula is C27H23ClF2N6O6. The first-order valence-electron chi connectivity index (χ1n) is 13.0. The predicted octanol–water partition coefficient (Wildman–Crippen LogP) is 2.84. The number of benzene rings is 1. The molecule has 5 heterocycles. The fourth-order valence-corrected chi connectivity index (χ4v) is 5.41. The van der Waals surface area contributed by atoms with E-state index in [0.29, 0.717) is 51.5 Å². The number of amides is 1. The van der Waals surface area contributed by atoms with Crippen LogP contribution in [0.4, 0.5) is 20.3 Å². The Balaban J connectivity index is 1.42. The van der Waals surface area contributed by atoms with E-state index >= 15 is 4.39 Å². The molecule has 0 unspecified atom stereocenters. The summed E-state index contributed by atoms with van der Waals surface area (Å²) in [5.74, 6) is -4.25. The van der Waals surface area contributed by atoms with Gasteiger partial charge in [-0.3, -0.25) is 19.0 Å². The van der Waals surface area contributed by atoms with Gasteiger partial charge >= 0.3 is 0 Å². The van der Waals surface area contributed by atoms with E-state index in [4.69, 9.17) is 16.3 Å². The standard InChI is InChI=1S/C27H23ClF2N6O6/c28-21-16(9-18(32-25(21)30)34-4-6-42-7-5-34)31-19(38)11-35-10-15(14-8-13(12-37)23(39)24(40)22(14)29)20-26(35)33-17-2-1-3-36(17)27(20)41/h8-10,12,39-40H,1-7,11H2,(H,31,32,38). The lowest BCUT2D eigenvalue weighted by Gasteiger charge is -2.28. The van der Waals surface area contributed by atoms with Crippen LogP contribution >= 0.6 is 11.6 Å². The summed E-state index contributed by atoms with van der Waals surface area (Å²) in [6.07, 6.45) is 2.70. The number of fused-ring (bicyclic) bond motifs is 2. The van der Waals surface area contributed by atoms with Gasteiger partial charge in [0.2, 0.25) is 11.9 Å². The number of aromatic hydroxyl groups is 2. The molecule has 1 saturated heterocycles. The monoisotopic (exact) mass is 600 g/mol. The van der Waals surface area contributed by atoms with Gasteiger partial charge in [-0.1, -0.05) is 11.6 Å². The van der Waals surface area contributed by atoms with E-state index in [1.165, 1.54) is 21.4 Å². The van der Waals surface area contributed by atoms with Gasteiger partial charge in [0.15, 0.2) is 23.6 Å². The van der Waals surface area contributed by atoms with Crippen molar-refractivity contribution in [3.8, 4) is 22.6 Å². The second-order valence-corrected chi connectivity index (χ2v) is 10.3. The van der Waals surface area contributed by atoms with E-state index in [9.17, 15) is 29.0 Å². The predicted molar refractivity (Wildman–Crippen MR) is 147 cm³/mol. The highest BCUT2D eigenvalue weighted by atomic mass is 35.5. The molecule has 6 rings (SSSR count). The number of anilines is 2. The molecular weight excluding hydrogens is 578 g/mol. The Hall–Kier alpha value is -4.56. The molecule has 3 N–H and O–H groups in total. The zero-order chi connectivity index (χ0) is 29.7. The number of phenols is 2. The number of pyridine rings is 1. The number of carbonyl (C=O) groups is 2. The molecule has 42 heavy (non-hydrogen) atoms. The third kappa shape index (κ3) is 4.61. The van der Waals surface area contributed by atoms with E-state index in [2.05, 4.69) is 15.3 Å². The van der Waals surface area contributed by atoms with Gasteiger partial charge in [0.1, 0.15) is 28.9 Å². The molecule has 0 aliphatic carbocycles. The van der Waals surface area contributed by atoms with Crippen LogP contribution in [0.2, 0.25) is 5.02 Å². The molecule has 2 aliphatic rings. The van der Waals surface area contributed by atoms with Gasteiger partial charge in [-0.05, 0) is 12.5 Å². The average molecular weight is 601 g/mol. The maximum atomic E-state index is 15.2. The largest absolute Gasteiger partial charge is 0.504 e. The van der Waals surface area contributed by atoms with Crippen molar-refractivity contribution in [2.45, 2.75) is 25.9 Å². The molecule has 3 aromatic heterocycles. The minimum Gasteiger partial charge on any atom is -0.504 e. The van der Waals surface area contributed by atoms with Gasteiger partial charge in [-0.15, -0.1) is 0 Å². The first-order chi connectivity index (χ1) is 20.2. The smallest absolute Gasteiger partial charge is 0.263 e. The Morgan fingerprint density at radius 2 is 1.88 bits per heavy atom. The number of nitrogens with zero attached hydrogens (tertiary/aromatic N) is 5. The van der Waals surface area contributed by atoms with Crippen LogP contribution in [0.15, 0.2) is 23.1 Å². The maximum absolute atomic E-state index is 15.2. The summed E-state index contributed by atoms with van der Waals surface area (Å²) >= 11 is 6.12. The number of aromatic nitrogens is 4. The third-order valence-corrected chi connectivity index (χ3v) is 7.68. The highest BCUT2D eigenvalue weighted by molar-refractivity contribution is 6.33. The minimum atomic E-state index is -1.26. The van der Waals surface area contributed by atoms with Crippen LogP contribution in [-0.2, 0) is 29.0 Å². The number of aryl methyl sites for hydroxylation is 1.